The third-order valence-corrected chi connectivity index (χ3v) is 3.74. The number of hydrogen-bond acceptors (Lipinski definition) is 3. The monoisotopic (exact) mass is 370 g/mol. The van der Waals surface area contributed by atoms with E-state index in [1.54, 1.807) is 42.3 Å². The van der Waals surface area contributed by atoms with Crippen LogP contribution in [-0.4, -0.2) is 30.8 Å². The van der Waals surface area contributed by atoms with Crippen LogP contribution in [0, 0.1) is 5.82 Å². The highest BCUT2D eigenvalue weighted by Gasteiger charge is 2.13. The predicted molar refractivity (Wildman–Crippen MR) is 93.7 cm³/mol. The van der Waals surface area contributed by atoms with Gasteiger partial charge in [-0.1, -0.05) is 18.2 Å². The maximum Gasteiger partial charge on any atom is 0.387 e. The first-order valence-electron chi connectivity index (χ1n) is 7.29. The molecular weight excluding hydrogens is 353 g/mol. The van der Waals surface area contributed by atoms with E-state index in [4.69, 9.17) is 17.0 Å². The predicted octanol–water partition coefficient (Wildman–Crippen LogP) is 4.26. The highest BCUT2D eigenvalue weighted by Crippen LogP contribution is 2.29. The summed E-state index contributed by atoms with van der Waals surface area (Å²) in [5, 5.41) is 3.14. The molecule has 25 heavy (non-hydrogen) atoms. The molecule has 0 heterocycles. The summed E-state index contributed by atoms with van der Waals surface area (Å²) in [5.74, 6) is -0.261. The molecule has 8 heteroatoms. The fourth-order valence-corrected chi connectivity index (χ4v) is 2.30. The lowest BCUT2D eigenvalue weighted by atomic mass is 10.2. The van der Waals surface area contributed by atoms with E-state index in [0.29, 0.717) is 11.7 Å². The summed E-state index contributed by atoms with van der Waals surface area (Å²) < 4.78 is 47.8. The van der Waals surface area contributed by atoms with Gasteiger partial charge in [0.2, 0.25) is 0 Å². The topological polar surface area (TPSA) is 33.7 Å². The number of thiocarbonyl (C=S) groups is 1. The number of anilines is 1. The average Bonchev–Trinajstić information content (AvgIpc) is 2.57. The minimum absolute atomic E-state index is 0.0454. The van der Waals surface area contributed by atoms with E-state index >= 15 is 0 Å². The molecule has 0 saturated carbocycles. The number of ether oxygens (including phenoxy) is 2. The van der Waals surface area contributed by atoms with Crippen LogP contribution in [0.5, 0.6) is 11.5 Å². The van der Waals surface area contributed by atoms with E-state index in [0.717, 1.165) is 5.56 Å². The second-order valence-corrected chi connectivity index (χ2v) is 5.52. The molecule has 2 aromatic rings. The third-order valence-electron chi connectivity index (χ3n) is 3.33. The van der Waals surface area contributed by atoms with Crippen LogP contribution in [0.4, 0.5) is 18.9 Å². The number of hydrogen-bond donors (Lipinski definition) is 1. The summed E-state index contributed by atoms with van der Waals surface area (Å²) in [6.45, 7) is -2.56. The molecule has 0 amide bonds. The van der Waals surface area contributed by atoms with Crippen molar-refractivity contribution < 1.29 is 22.6 Å². The van der Waals surface area contributed by atoms with Gasteiger partial charge in [-0.2, -0.15) is 8.78 Å². The Hall–Kier alpha value is -2.48. The Balaban J connectivity index is 2.05. The Kier molecular flexibility index (Phi) is 6.46. The summed E-state index contributed by atoms with van der Waals surface area (Å²) in [7, 11) is 3.09. The van der Waals surface area contributed by atoms with E-state index in [1.165, 1.54) is 19.2 Å². The van der Waals surface area contributed by atoms with Crippen molar-refractivity contribution >= 4 is 23.0 Å². The van der Waals surface area contributed by atoms with E-state index in [-0.39, 0.29) is 17.2 Å². The molecule has 0 unspecified atom stereocenters. The van der Waals surface area contributed by atoms with Gasteiger partial charge >= 0.3 is 6.61 Å². The van der Waals surface area contributed by atoms with Gasteiger partial charge in [0.1, 0.15) is 5.82 Å². The minimum Gasteiger partial charge on any atom is -0.493 e. The lowest BCUT2D eigenvalue weighted by Gasteiger charge is -2.22. The van der Waals surface area contributed by atoms with Crippen LogP contribution < -0.4 is 14.8 Å². The SMILES string of the molecule is COc1cc(CN(C)C(=S)Nc2ccccc2F)ccc1OC(F)F. The van der Waals surface area contributed by atoms with E-state index < -0.39 is 12.4 Å². The number of nitrogens with one attached hydrogen (secondary N) is 1. The summed E-state index contributed by atoms with van der Waals surface area (Å²) >= 11 is 5.25. The number of rotatable bonds is 6. The number of halogens is 3. The molecule has 2 rings (SSSR count). The van der Waals surface area contributed by atoms with Gasteiger partial charge in [-0.05, 0) is 42.0 Å². The number of para-hydroxylation sites is 1. The summed E-state index contributed by atoms with van der Waals surface area (Å²) in [6.07, 6.45) is 0. The second kappa shape index (κ2) is 8.57. The molecule has 0 fully saturated rings. The third kappa shape index (κ3) is 5.25. The molecule has 0 aromatic heterocycles. The highest BCUT2D eigenvalue weighted by atomic mass is 32.1. The summed E-state index contributed by atoms with van der Waals surface area (Å²) in [5.41, 5.74) is 1.04. The van der Waals surface area contributed by atoms with Crippen molar-refractivity contribution in [3.8, 4) is 11.5 Å². The molecule has 0 bridgehead atoms. The molecule has 1 N–H and O–H groups in total. The lowest BCUT2D eigenvalue weighted by Crippen LogP contribution is -2.30. The van der Waals surface area contributed by atoms with Crippen LogP contribution in [0.2, 0.25) is 0 Å². The maximum atomic E-state index is 13.7. The number of nitrogens with zero attached hydrogens (tertiary/aromatic N) is 1. The van der Waals surface area contributed by atoms with Crippen molar-refractivity contribution in [1.29, 1.82) is 0 Å². The van der Waals surface area contributed by atoms with Gasteiger partial charge < -0.3 is 19.7 Å². The van der Waals surface area contributed by atoms with Crippen LogP contribution in [0.1, 0.15) is 5.56 Å². The molecule has 0 aliphatic carbocycles. The van der Waals surface area contributed by atoms with Gasteiger partial charge in [0, 0.05) is 13.6 Å². The van der Waals surface area contributed by atoms with Gasteiger partial charge in [-0.15, -0.1) is 0 Å². The van der Waals surface area contributed by atoms with Crippen molar-refractivity contribution in [3.05, 3.63) is 53.8 Å². The molecule has 0 aliphatic rings. The molecule has 134 valence electrons. The zero-order valence-corrected chi connectivity index (χ0v) is 14.4. The minimum atomic E-state index is -2.93. The quantitative estimate of drug-likeness (QED) is 0.769. The van der Waals surface area contributed by atoms with E-state index in [9.17, 15) is 13.2 Å². The molecule has 0 atom stereocenters. The first-order valence-corrected chi connectivity index (χ1v) is 7.70. The Morgan fingerprint density at radius 1 is 1.20 bits per heavy atom. The van der Waals surface area contributed by atoms with Crippen LogP contribution in [0.25, 0.3) is 0 Å². The van der Waals surface area contributed by atoms with Crippen molar-refractivity contribution in [1.82, 2.24) is 4.90 Å². The molecule has 0 spiro atoms. The standard InChI is InChI=1S/C17H17F3N2O2S/c1-22(17(25)21-13-6-4-3-5-12(13)18)10-11-7-8-14(24-16(19)20)15(9-11)23-2/h3-9,16H,10H2,1-2H3,(H,21,25). The van der Waals surface area contributed by atoms with Gasteiger partial charge in [0.25, 0.3) is 0 Å². The molecule has 0 aliphatic heterocycles. The molecule has 4 nitrogen and oxygen atoms in total. The van der Waals surface area contributed by atoms with E-state index in [2.05, 4.69) is 10.1 Å². The van der Waals surface area contributed by atoms with Crippen LogP contribution in [0.3, 0.4) is 0 Å². The van der Waals surface area contributed by atoms with Crippen molar-refractivity contribution in [2.75, 3.05) is 19.5 Å². The van der Waals surface area contributed by atoms with Crippen molar-refractivity contribution in [2.45, 2.75) is 13.2 Å². The van der Waals surface area contributed by atoms with Gasteiger partial charge in [-0.25, -0.2) is 4.39 Å². The normalized spacial score (nSPS) is 10.5. The van der Waals surface area contributed by atoms with Crippen molar-refractivity contribution in [3.63, 3.8) is 0 Å². The number of alkyl halides is 2. The Morgan fingerprint density at radius 2 is 1.92 bits per heavy atom. The number of methoxy groups -OCH3 is 1. The van der Waals surface area contributed by atoms with E-state index in [1.807, 2.05) is 0 Å². The van der Waals surface area contributed by atoms with Crippen LogP contribution >= 0.6 is 12.2 Å². The number of benzene rings is 2. The van der Waals surface area contributed by atoms with Gasteiger partial charge in [-0.3, -0.25) is 0 Å². The highest BCUT2D eigenvalue weighted by molar-refractivity contribution is 7.80. The lowest BCUT2D eigenvalue weighted by molar-refractivity contribution is -0.0512. The van der Waals surface area contributed by atoms with Crippen LogP contribution in [-0.2, 0) is 6.54 Å². The molecular formula is C17H17F3N2O2S. The Morgan fingerprint density at radius 3 is 2.56 bits per heavy atom. The largest absolute Gasteiger partial charge is 0.493 e. The van der Waals surface area contributed by atoms with Crippen LogP contribution in [0.15, 0.2) is 42.5 Å². The fraction of sp³-hybridized carbons (Fsp3) is 0.235. The smallest absolute Gasteiger partial charge is 0.387 e. The zero-order valence-electron chi connectivity index (χ0n) is 13.6. The maximum absolute atomic E-state index is 13.7. The molecule has 0 saturated heterocycles. The molecule has 2 aromatic carbocycles. The second-order valence-electron chi connectivity index (χ2n) is 5.13. The Bertz CT molecular complexity index is 744. The Labute approximate surface area is 149 Å². The van der Waals surface area contributed by atoms with Gasteiger partial charge in [0.05, 0.1) is 12.8 Å². The first-order chi connectivity index (χ1) is 11.9. The molecule has 0 radical (unpaired) electrons. The van der Waals surface area contributed by atoms with Gasteiger partial charge in [0.15, 0.2) is 16.6 Å². The average molecular weight is 370 g/mol. The zero-order chi connectivity index (χ0) is 18.4. The van der Waals surface area contributed by atoms with Crippen molar-refractivity contribution in [2.24, 2.45) is 0 Å². The first kappa shape index (κ1) is 18.9. The fourth-order valence-electron chi connectivity index (χ4n) is 2.12. The summed E-state index contributed by atoms with van der Waals surface area (Å²) in [4.78, 5) is 1.68. The summed E-state index contributed by atoms with van der Waals surface area (Å²) in [6, 6.07) is 10.8.